The third-order valence-electron chi connectivity index (χ3n) is 2.22. The molecule has 1 aromatic rings. The average molecular weight is 224 g/mol. The van der Waals surface area contributed by atoms with Gasteiger partial charge in [0.1, 0.15) is 0 Å². The third-order valence-corrected chi connectivity index (χ3v) is 2.22. The Bertz CT molecular complexity index is 443. The Morgan fingerprint density at radius 2 is 2.19 bits per heavy atom. The number of nitro benzene ring substituents is 1. The van der Waals surface area contributed by atoms with Gasteiger partial charge in [-0.05, 0) is 18.6 Å². The molecule has 0 bridgehead atoms. The van der Waals surface area contributed by atoms with Crippen LogP contribution < -0.4 is 5.73 Å². The molecule has 16 heavy (non-hydrogen) atoms. The number of benzene rings is 1. The number of carbonyl (C=O) groups is 1. The molecule has 86 valence electrons. The molecule has 6 heteroatoms. The Kier molecular flexibility index (Phi) is 3.44. The van der Waals surface area contributed by atoms with Crippen LogP contribution in [-0.4, -0.2) is 18.0 Å². The maximum absolute atomic E-state index is 11.1. The summed E-state index contributed by atoms with van der Waals surface area (Å²) < 4.78 is 4.48. The summed E-state index contributed by atoms with van der Waals surface area (Å²) in [5, 5.41) is 10.8. The van der Waals surface area contributed by atoms with Crippen LogP contribution in [0.25, 0.3) is 0 Å². The number of nitrogens with zero attached hydrogens (tertiary/aromatic N) is 1. The van der Waals surface area contributed by atoms with Crippen LogP contribution in [0.2, 0.25) is 0 Å². The first kappa shape index (κ1) is 12.0. The third kappa shape index (κ3) is 2.47. The summed E-state index contributed by atoms with van der Waals surface area (Å²) in [6.07, 6.45) is -0.126. The van der Waals surface area contributed by atoms with E-state index in [1.54, 1.807) is 13.0 Å². The molecule has 0 aromatic heterocycles. The second-order valence-corrected chi connectivity index (χ2v) is 3.35. The number of esters is 1. The van der Waals surface area contributed by atoms with Crippen LogP contribution in [0, 0.1) is 17.0 Å². The maximum Gasteiger partial charge on any atom is 0.310 e. The van der Waals surface area contributed by atoms with Gasteiger partial charge in [-0.25, -0.2) is 0 Å². The van der Waals surface area contributed by atoms with Crippen molar-refractivity contribution in [2.45, 2.75) is 13.3 Å². The maximum atomic E-state index is 11.1. The first-order chi connectivity index (χ1) is 7.45. The number of nitrogens with two attached hydrogens (primary N) is 1. The predicted molar refractivity (Wildman–Crippen MR) is 58.0 cm³/mol. The van der Waals surface area contributed by atoms with E-state index in [0.717, 1.165) is 0 Å². The van der Waals surface area contributed by atoms with E-state index in [1.807, 2.05) is 0 Å². The number of methoxy groups -OCH3 is 1. The summed E-state index contributed by atoms with van der Waals surface area (Å²) in [5.74, 6) is -0.518. The van der Waals surface area contributed by atoms with E-state index in [9.17, 15) is 14.9 Å². The van der Waals surface area contributed by atoms with Gasteiger partial charge >= 0.3 is 5.97 Å². The van der Waals surface area contributed by atoms with Gasteiger partial charge < -0.3 is 10.5 Å². The average Bonchev–Trinajstić information content (AvgIpc) is 2.20. The molecule has 0 amide bonds. The van der Waals surface area contributed by atoms with E-state index in [1.165, 1.54) is 13.2 Å². The standard InChI is InChI=1S/C10H12N2O4/c1-6-3-7(11)4-9(12(14)15)8(6)5-10(13)16-2/h3-4H,5,11H2,1-2H3. The highest BCUT2D eigenvalue weighted by Gasteiger charge is 2.19. The largest absolute Gasteiger partial charge is 0.469 e. The minimum Gasteiger partial charge on any atom is -0.469 e. The molecule has 0 fully saturated rings. The molecule has 2 N–H and O–H groups in total. The van der Waals surface area contributed by atoms with Gasteiger partial charge in [0.15, 0.2) is 0 Å². The highest BCUT2D eigenvalue weighted by molar-refractivity contribution is 5.75. The molecule has 0 unspecified atom stereocenters. The first-order valence-corrected chi connectivity index (χ1v) is 4.56. The molecular formula is C10H12N2O4. The van der Waals surface area contributed by atoms with E-state index >= 15 is 0 Å². The zero-order valence-corrected chi connectivity index (χ0v) is 9.02. The first-order valence-electron chi connectivity index (χ1n) is 4.56. The van der Waals surface area contributed by atoms with Crippen molar-refractivity contribution >= 4 is 17.3 Å². The van der Waals surface area contributed by atoms with Gasteiger partial charge in [-0.1, -0.05) is 0 Å². The quantitative estimate of drug-likeness (QED) is 0.360. The fourth-order valence-electron chi connectivity index (χ4n) is 1.44. The summed E-state index contributed by atoms with van der Waals surface area (Å²) in [5.41, 5.74) is 6.61. The molecule has 0 aliphatic heterocycles. The number of ether oxygens (including phenoxy) is 1. The number of anilines is 1. The molecule has 0 saturated heterocycles. The second kappa shape index (κ2) is 4.61. The Hall–Kier alpha value is -2.11. The van der Waals surface area contributed by atoms with Crippen LogP contribution in [-0.2, 0) is 16.0 Å². The van der Waals surface area contributed by atoms with Gasteiger partial charge in [0.2, 0.25) is 0 Å². The predicted octanol–water partition coefficient (Wildman–Crippen LogP) is 1.20. The highest BCUT2D eigenvalue weighted by Crippen LogP contribution is 2.26. The molecule has 6 nitrogen and oxygen atoms in total. The zero-order valence-electron chi connectivity index (χ0n) is 9.02. The van der Waals surface area contributed by atoms with E-state index in [-0.39, 0.29) is 12.1 Å². The van der Waals surface area contributed by atoms with Gasteiger partial charge in [0.25, 0.3) is 5.69 Å². The topological polar surface area (TPSA) is 95.5 Å². The fraction of sp³-hybridized carbons (Fsp3) is 0.300. The van der Waals surface area contributed by atoms with Crippen LogP contribution in [0.1, 0.15) is 11.1 Å². The Balaban J connectivity index is 3.24. The minimum atomic E-state index is -0.554. The molecule has 0 spiro atoms. The highest BCUT2D eigenvalue weighted by atomic mass is 16.6. The summed E-state index contributed by atoms with van der Waals surface area (Å²) in [6, 6.07) is 2.83. The van der Waals surface area contributed by atoms with Gasteiger partial charge in [0.05, 0.1) is 18.5 Å². The molecule has 1 rings (SSSR count). The van der Waals surface area contributed by atoms with E-state index < -0.39 is 10.9 Å². The molecule has 0 aliphatic carbocycles. The molecule has 0 radical (unpaired) electrons. The summed E-state index contributed by atoms with van der Waals surface area (Å²) in [4.78, 5) is 21.4. The van der Waals surface area contributed by atoms with Crippen LogP contribution in [0.5, 0.6) is 0 Å². The second-order valence-electron chi connectivity index (χ2n) is 3.35. The smallest absolute Gasteiger partial charge is 0.310 e. The number of aryl methyl sites for hydroxylation is 1. The van der Waals surface area contributed by atoms with Crippen molar-refractivity contribution in [3.8, 4) is 0 Å². The Morgan fingerprint density at radius 3 is 2.69 bits per heavy atom. The molecular weight excluding hydrogens is 212 g/mol. The van der Waals surface area contributed by atoms with Crippen LogP contribution in [0.15, 0.2) is 12.1 Å². The van der Waals surface area contributed by atoms with Crippen molar-refractivity contribution in [2.75, 3.05) is 12.8 Å². The van der Waals surface area contributed by atoms with E-state index in [2.05, 4.69) is 4.74 Å². The van der Waals surface area contributed by atoms with Crippen LogP contribution >= 0.6 is 0 Å². The Morgan fingerprint density at radius 1 is 1.56 bits per heavy atom. The number of nitrogen functional groups attached to an aromatic ring is 1. The number of hydrogen-bond acceptors (Lipinski definition) is 5. The van der Waals surface area contributed by atoms with Crippen molar-refractivity contribution < 1.29 is 14.5 Å². The van der Waals surface area contributed by atoms with Crippen LogP contribution in [0.4, 0.5) is 11.4 Å². The molecule has 0 saturated carbocycles. The van der Waals surface area contributed by atoms with Crippen molar-refractivity contribution in [2.24, 2.45) is 0 Å². The molecule has 0 aliphatic rings. The van der Waals surface area contributed by atoms with E-state index in [4.69, 9.17) is 5.73 Å². The fourth-order valence-corrected chi connectivity index (χ4v) is 1.44. The molecule has 0 heterocycles. The number of carbonyl (C=O) groups excluding carboxylic acids is 1. The van der Waals surface area contributed by atoms with Crippen LogP contribution in [0.3, 0.4) is 0 Å². The monoisotopic (exact) mass is 224 g/mol. The lowest BCUT2D eigenvalue weighted by molar-refractivity contribution is -0.385. The molecule has 0 atom stereocenters. The summed E-state index contributed by atoms with van der Waals surface area (Å²) in [7, 11) is 1.24. The summed E-state index contributed by atoms with van der Waals surface area (Å²) in [6.45, 7) is 1.67. The number of nitro groups is 1. The van der Waals surface area contributed by atoms with Gasteiger partial charge in [-0.2, -0.15) is 0 Å². The minimum absolute atomic E-state index is 0.126. The van der Waals surface area contributed by atoms with E-state index in [0.29, 0.717) is 16.8 Å². The lowest BCUT2D eigenvalue weighted by Crippen LogP contribution is -2.09. The Labute approximate surface area is 92.2 Å². The number of hydrogen-bond donors (Lipinski definition) is 1. The van der Waals surface area contributed by atoms with Gasteiger partial charge in [-0.3, -0.25) is 14.9 Å². The zero-order chi connectivity index (χ0) is 12.3. The lowest BCUT2D eigenvalue weighted by Gasteiger charge is -2.06. The van der Waals surface area contributed by atoms with Crippen molar-refractivity contribution in [3.05, 3.63) is 33.4 Å². The van der Waals surface area contributed by atoms with Crippen molar-refractivity contribution in [1.29, 1.82) is 0 Å². The SMILES string of the molecule is COC(=O)Cc1c(C)cc(N)cc1[N+](=O)[O-]. The van der Waals surface area contributed by atoms with Crippen molar-refractivity contribution in [3.63, 3.8) is 0 Å². The van der Waals surface area contributed by atoms with Gasteiger partial charge in [0, 0.05) is 17.3 Å². The number of rotatable bonds is 3. The normalized spacial score (nSPS) is 9.88. The molecule has 1 aromatic carbocycles. The lowest BCUT2D eigenvalue weighted by atomic mass is 10.0. The van der Waals surface area contributed by atoms with Crippen molar-refractivity contribution in [1.82, 2.24) is 0 Å². The summed E-state index contributed by atoms with van der Waals surface area (Å²) >= 11 is 0. The van der Waals surface area contributed by atoms with Gasteiger partial charge in [-0.15, -0.1) is 0 Å².